The Hall–Kier alpha value is -0.380. The van der Waals surface area contributed by atoms with Crippen molar-refractivity contribution in [3.05, 3.63) is 34.3 Å². The zero-order chi connectivity index (χ0) is 15.3. The maximum absolute atomic E-state index is 5.84. The molecule has 0 spiro atoms. The highest BCUT2D eigenvalue weighted by atomic mass is 79.9. The lowest BCUT2D eigenvalue weighted by atomic mass is 9.92. The lowest BCUT2D eigenvalue weighted by Crippen LogP contribution is -2.40. The zero-order valence-electron chi connectivity index (χ0n) is 13.5. The van der Waals surface area contributed by atoms with Gasteiger partial charge in [-0.05, 0) is 70.5 Å². The van der Waals surface area contributed by atoms with Gasteiger partial charge in [0.25, 0.3) is 0 Å². The normalized spacial score (nSPS) is 20.7. The van der Waals surface area contributed by atoms with E-state index >= 15 is 0 Å². The van der Waals surface area contributed by atoms with Crippen molar-refractivity contribution in [3.8, 4) is 0 Å². The quantitative estimate of drug-likeness (QED) is 0.808. The van der Waals surface area contributed by atoms with Crippen molar-refractivity contribution in [2.75, 3.05) is 13.2 Å². The van der Waals surface area contributed by atoms with Gasteiger partial charge in [-0.1, -0.05) is 34.1 Å². The third-order valence-electron chi connectivity index (χ3n) is 4.01. The fourth-order valence-corrected chi connectivity index (χ4v) is 3.31. The average molecular weight is 354 g/mol. The van der Waals surface area contributed by atoms with E-state index in [1.54, 1.807) is 0 Å². The van der Waals surface area contributed by atoms with Crippen LogP contribution in [0.1, 0.15) is 45.6 Å². The molecular formula is C18H28BrNO. The van der Waals surface area contributed by atoms with E-state index in [1.165, 1.54) is 22.9 Å². The molecule has 1 heterocycles. The van der Waals surface area contributed by atoms with Crippen molar-refractivity contribution >= 4 is 15.9 Å². The predicted molar refractivity (Wildman–Crippen MR) is 92.7 cm³/mol. The fraction of sp³-hybridized carbons (Fsp3) is 0.667. The van der Waals surface area contributed by atoms with Crippen LogP contribution in [0.15, 0.2) is 28.7 Å². The fourth-order valence-electron chi connectivity index (χ4n) is 2.87. The Labute approximate surface area is 137 Å². The SMILES string of the molecule is CC(C)(C)NCC(Cc1ccccc1Br)CC1CCCO1. The van der Waals surface area contributed by atoms with E-state index in [0.717, 1.165) is 26.0 Å². The first-order valence-electron chi connectivity index (χ1n) is 8.04. The van der Waals surface area contributed by atoms with E-state index in [1.807, 2.05) is 0 Å². The van der Waals surface area contributed by atoms with Crippen LogP contribution >= 0.6 is 15.9 Å². The van der Waals surface area contributed by atoms with Crippen molar-refractivity contribution < 1.29 is 4.74 Å². The number of rotatable bonds is 6. The first kappa shape index (κ1) is 17.0. The minimum absolute atomic E-state index is 0.169. The maximum atomic E-state index is 5.84. The predicted octanol–water partition coefficient (Wildman–Crippen LogP) is 4.57. The molecule has 2 unspecified atom stereocenters. The van der Waals surface area contributed by atoms with E-state index in [0.29, 0.717) is 12.0 Å². The molecule has 0 saturated carbocycles. The van der Waals surface area contributed by atoms with Crippen LogP contribution in [0.2, 0.25) is 0 Å². The largest absolute Gasteiger partial charge is 0.378 e. The second-order valence-corrected chi connectivity index (χ2v) is 8.02. The molecule has 2 nitrogen and oxygen atoms in total. The Morgan fingerprint density at radius 2 is 2.10 bits per heavy atom. The molecule has 1 aliphatic rings. The van der Waals surface area contributed by atoms with Gasteiger partial charge in [-0.3, -0.25) is 0 Å². The summed E-state index contributed by atoms with van der Waals surface area (Å²) < 4.78 is 7.06. The Kier molecular flexibility index (Phi) is 6.27. The molecular weight excluding hydrogens is 326 g/mol. The molecule has 1 aromatic carbocycles. The number of benzene rings is 1. The van der Waals surface area contributed by atoms with E-state index in [-0.39, 0.29) is 5.54 Å². The Morgan fingerprint density at radius 1 is 1.33 bits per heavy atom. The molecule has 1 aliphatic heterocycles. The molecule has 0 bridgehead atoms. The van der Waals surface area contributed by atoms with Crippen LogP contribution in [0.25, 0.3) is 0 Å². The van der Waals surface area contributed by atoms with E-state index in [9.17, 15) is 0 Å². The molecule has 0 aromatic heterocycles. The Bertz CT molecular complexity index is 435. The van der Waals surface area contributed by atoms with Gasteiger partial charge in [-0.25, -0.2) is 0 Å². The monoisotopic (exact) mass is 353 g/mol. The van der Waals surface area contributed by atoms with Crippen molar-refractivity contribution in [1.82, 2.24) is 5.32 Å². The summed E-state index contributed by atoms with van der Waals surface area (Å²) in [6, 6.07) is 8.57. The van der Waals surface area contributed by atoms with Crippen LogP contribution in [0.4, 0.5) is 0 Å². The standard InChI is InChI=1S/C18H28BrNO/c1-18(2,3)20-13-14(12-16-8-6-10-21-16)11-15-7-4-5-9-17(15)19/h4-5,7,9,14,16,20H,6,8,10-13H2,1-3H3. The summed E-state index contributed by atoms with van der Waals surface area (Å²) in [4.78, 5) is 0. The first-order chi connectivity index (χ1) is 9.94. The summed E-state index contributed by atoms with van der Waals surface area (Å²) >= 11 is 3.68. The van der Waals surface area contributed by atoms with Crippen LogP contribution in [0.3, 0.4) is 0 Å². The number of hydrogen-bond acceptors (Lipinski definition) is 2. The van der Waals surface area contributed by atoms with Gasteiger partial charge in [-0.2, -0.15) is 0 Å². The van der Waals surface area contributed by atoms with Crippen molar-refractivity contribution in [2.45, 2.75) is 58.1 Å². The number of nitrogens with one attached hydrogen (secondary N) is 1. The van der Waals surface area contributed by atoms with Gasteiger partial charge in [0, 0.05) is 16.6 Å². The topological polar surface area (TPSA) is 21.3 Å². The molecule has 3 heteroatoms. The molecule has 1 fully saturated rings. The molecule has 21 heavy (non-hydrogen) atoms. The van der Waals surface area contributed by atoms with E-state index in [2.05, 4.69) is 66.3 Å². The minimum atomic E-state index is 0.169. The first-order valence-corrected chi connectivity index (χ1v) is 8.83. The second kappa shape index (κ2) is 7.75. The van der Waals surface area contributed by atoms with Gasteiger partial charge >= 0.3 is 0 Å². The Balaban J connectivity index is 1.98. The summed E-state index contributed by atoms with van der Waals surface area (Å²) in [5, 5.41) is 3.66. The summed E-state index contributed by atoms with van der Waals surface area (Å²) in [6.07, 6.45) is 5.16. The smallest absolute Gasteiger partial charge is 0.0579 e. The maximum Gasteiger partial charge on any atom is 0.0579 e. The molecule has 0 amide bonds. The summed E-state index contributed by atoms with van der Waals surface area (Å²) in [7, 11) is 0. The second-order valence-electron chi connectivity index (χ2n) is 7.16. The van der Waals surface area contributed by atoms with Crippen molar-refractivity contribution in [3.63, 3.8) is 0 Å². The molecule has 0 radical (unpaired) electrons. The zero-order valence-corrected chi connectivity index (χ0v) is 15.1. The van der Waals surface area contributed by atoms with E-state index < -0.39 is 0 Å². The van der Waals surface area contributed by atoms with Crippen LogP contribution < -0.4 is 5.32 Å². The lowest BCUT2D eigenvalue weighted by molar-refractivity contribution is 0.0881. The summed E-state index contributed by atoms with van der Waals surface area (Å²) in [5.74, 6) is 0.617. The molecule has 1 N–H and O–H groups in total. The van der Waals surface area contributed by atoms with Crippen LogP contribution in [-0.2, 0) is 11.2 Å². The molecule has 1 aromatic rings. The highest BCUT2D eigenvalue weighted by molar-refractivity contribution is 9.10. The number of halogens is 1. The number of ether oxygens (including phenoxy) is 1. The third-order valence-corrected chi connectivity index (χ3v) is 4.78. The highest BCUT2D eigenvalue weighted by Gasteiger charge is 2.23. The molecule has 118 valence electrons. The minimum Gasteiger partial charge on any atom is -0.378 e. The van der Waals surface area contributed by atoms with Gasteiger partial charge in [-0.15, -0.1) is 0 Å². The van der Waals surface area contributed by atoms with Crippen molar-refractivity contribution in [1.29, 1.82) is 0 Å². The summed E-state index contributed by atoms with van der Waals surface area (Å²) in [5.41, 5.74) is 1.57. The molecule has 2 rings (SSSR count). The lowest BCUT2D eigenvalue weighted by Gasteiger charge is -2.27. The highest BCUT2D eigenvalue weighted by Crippen LogP contribution is 2.25. The molecule has 1 saturated heterocycles. The van der Waals surface area contributed by atoms with Crippen LogP contribution in [0, 0.1) is 5.92 Å². The van der Waals surface area contributed by atoms with E-state index in [4.69, 9.17) is 4.74 Å². The Morgan fingerprint density at radius 3 is 2.71 bits per heavy atom. The van der Waals surface area contributed by atoms with Gasteiger partial charge in [0.05, 0.1) is 6.10 Å². The van der Waals surface area contributed by atoms with Gasteiger partial charge in [0.1, 0.15) is 0 Å². The summed E-state index contributed by atoms with van der Waals surface area (Å²) in [6.45, 7) is 8.68. The van der Waals surface area contributed by atoms with Crippen molar-refractivity contribution in [2.24, 2.45) is 5.92 Å². The van der Waals surface area contributed by atoms with Gasteiger partial charge in [0.2, 0.25) is 0 Å². The number of hydrogen-bond donors (Lipinski definition) is 1. The van der Waals surface area contributed by atoms with Gasteiger partial charge < -0.3 is 10.1 Å². The van der Waals surface area contributed by atoms with Crippen LogP contribution in [-0.4, -0.2) is 24.8 Å². The average Bonchev–Trinajstić information content (AvgIpc) is 2.90. The molecule has 0 aliphatic carbocycles. The van der Waals surface area contributed by atoms with Crippen LogP contribution in [0.5, 0.6) is 0 Å². The third kappa shape index (κ3) is 6.09. The molecule has 2 atom stereocenters. The van der Waals surface area contributed by atoms with Gasteiger partial charge in [0.15, 0.2) is 0 Å².